The first-order chi connectivity index (χ1) is 9.74. The lowest BCUT2D eigenvalue weighted by atomic mass is 10.1. The zero-order chi connectivity index (χ0) is 13.7. The minimum absolute atomic E-state index is 0.562. The molecule has 3 nitrogen and oxygen atoms in total. The molecule has 0 bridgehead atoms. The van der Waals surface area contributed by atoms with Crippen LogP contribution in [0, 0.1) is 6.92 Å². The van der Waals surface area contributed by atoms with E-state index in [0.717, 1.165) is 16.7 Å². The maximum absolute atomic E-state index is 6.15. The number of hydrogen-bond acceptors (Lipinski definition) is 2. The molecule has 0 amide bonds. The van der Waals surface area contributed by atoms with Crippen LogP contribution in [0.15, 0.2) is 36.4 Å². The van der Waals surface area contributed by atoms with Crippen molar-refractivity contribution < 1.29 is 0 Å². The lowest BCUT2D eigenvalue weighted by Gasteiger charge is -2.10. The summed E-state index contributed by atoms with van der Waals surface area (Å²) in [5.41, 5.74) is 13.5. The van der Waals surface area contributed by atoms with E-state index in [0.29, 0.717) is 5.95 Å². The van der Waals surface area contributed by atoms with Crippen LogP contribution < -0.4 is 5.73 Å². The number of imidazole rings is 1. The number of nitrogens with zero attached hydrogens (tertiary/aromatic N) is 2. The fourth-order valence-corrected chi connectivity index (χ4v) is 3.27. The van der Waals surface area contributed by atoms with Crippen LogP contribution in [0.5, 0.6) is 0 Å². The van der Waals surface area contributed by atoms with Crippen molar-refractivity contribution in [1.29, 1.82) is 0 Å². The van der Waals surface area contributed by atoms with Crippen molar-refractivity contribution in [3.05, 3.63) is 53.1 Å². The fourth-order valence-electron chi connectivity index (χ4n) is 3.27. The summed E-state index contributed by atoms with van der Waals surface area (Å²) in [6.45, 7) is 2.10. The Kier molecular flexibility index (Phi) is 2.36. The number of nitrogens with two attached hydrogens (primary N) is 1. The Hall–Kier alpha value is -2.29. The highest BCUT2D eigenvalue weighted by Gasteiger charge is 2.15. The van der Waals surface area contributed by atoms with Crippen LogP contribution >= 0.6 is 0 Å². The lowest BCUT2D eigenvalue weighted by molar-refractivity contribution is 0.911. The SMILES string of the molecule is Cc1cccc2nc(N)n(-c3ccc4c(c3)CCC4)c12. The average molecular weight is 263 g/mol. The van der Waals surface area contributed by atoms with E-state index in [9.17, 15) is 0 Å². The molecule has 20 heavy (non-hydrogen) atoms. The van der Waals surface area contributed by atoms with E-state index in [2.05, 4.69) is 40.7 Å². The Bertz CT molecular complexity index is 814. The highest BCUT2D eigenvalue weighted by molar-refractivity contribution is 5.83. The summed E-state index contributed by atoms with van der Waals surface area (Å²) < 4.78 is 2.07. The summed E-state index contributed by atoms with van der Waals surface area (Å²) >= 11 is 0. The maximum atomic E-state index is 6.15. The van der Waals surface area contributed by atoms with Gasteiger partial charge in [-0.3, -0.25) is 4.57 Å². The first kappa shape index (κ1) is 11.5. The smallest absolute Gasteiger partial charge is 0.205 e. The van der Waals surface area contributed by atoms with Gasteiger partial charge >= 0.3 is 0 Å². The largest absolute Gasteiger partial charge is 0.369 e. The van der Waals surface area contributed by atoms with Gasteiger partial charge in [0, 0.05) is 5.69 Å². The van der Waals surface area contributed by atoms with Gasteiger partial charge in [0.2, 0.25) is 5.95 Å². The van der Waals surface area contributed by atoms with E-state index in [1.165, 1.54) is 36.0 Å². The summed E-state index contributed by atoms with van der Waals surface area (Å²) in [7, 11) is 0. The molecule has 0 radical (unpaired) electrons. The molecule has 0 spiro atoms. The third-order valence-corrected chi connectivity index (χ3v) is 4.24. The topological polar surface area (TPSA) is 43.8 Å². The molecule has 1 aliphatic rings. The fraction of sp³-hybridized carbons (Fsp3) is 0.235. The second-order valence-electron chi connectivity index (χ2n) is 5.55. The number of nitrogen functional groups attached to an aromatic ring is 1. The molecule has 1 aliphatic carbocycles. The van der Waals surface area contributed by atoms with Crippen LogP contribution in [-0.4, -0.2) is 9.55 Å². The van der Waals surface area contributed by atoms with Gasteiger partial charge in [-0.05, 0) is 61.1 Å². The molecule has 0 fully saturated rings. The van der Waals surface area contributed by atoms with Crippen LogP contribution in [-0.2, 0) is 12.8 Å². The molecule has 0 saturated heterocycles. The molecule has 100 valence electrons. The lowest BCUT2D eigenvalue weighted by Crippen LogP contribution is -2.02. The Morgan fingerprint density at radius 1 is 1.10 bits per heavy atom. The van der Waals surface area contributed by atoms with Gasteiger partial charge in [0.05, 0.1) is 11.0 Å². The van der Waals surface area contributed by atoms with Gasteiger partial charge in [-0.1, -0.05) is 18.2 Å². The van der Waals surface area contributed by atoms with E-state index in [4.69, 9.17) is 5.73 Å². The van der Waals surface area contributed by atoms with Crippen molar-refractivity contribution in [2.45, 2.75) is 26.2 Å². The van der Waals surface area contributed by atoms with E-state index in [1.54, 1.807) is 0 Å². The second kappa shape index (κ2) is 4.10. The number of fused-ring (bicyclic) bond motifs is 2. The number of aryl methyl sites for hydroxylation is 3. The molecule has 3 heteroatoms. The molecule has 0 saturated carbocycles. The van der Waals surface area contributed by atoms with Gasteiger partial charge in [0.1, 0.15) is 0 Å². The van der Waals surface area contributed by atoms with Crippen molar-refractivity contribution >= 4 is 17.0 Å². The highest BCUT2D eigenvalue weighted by Crippen LogP contribution is 2.29. The molecule has 3 aromatic rings. The monoisotopic (exact) mass is 263 g/mol. The standard InChI is InChI=1S/C17H17N3/c1-11-4-2-7-15-16(11)20(17(18)19-15)14-9-8-12-5-3-6-13(12)10-14/h2,4,7-10H,3,5-6H2,1H3,(H2,18,19). The van der Waals surface area contributed by atoms with E-state index < -0.39 is 0 Å². The van der Waals surface area contributed by atoms with Crippen molar-refractivity contribution in [3.8, 4) is 5.69 Å². The minimum Gasteiger partial charge on any atom is -0.369 e. The summed E-state index contributed by atoms with van der Waals surface area (Å²) in [5, 5.41) is 0. The Labute approximate surface area is 118 Å². The minimum atomic E-state index is 0.562. The third kappa shape index (κ3) is 1.56. The Morgan fingerprint density at radius 3 is 2.85 bits per heavy atom. The van der Waals surface area contributed by atoms with Gasteiger partial charge in [0.25, 0.3) is 0 Å². The number of para-hydroxylation sites is 1. The van der Waals surface area contributed by atoms with E-state index >= 15 is 0 Å². The van der Waals surface area contributed by atoms with Crippen LogP contribution in [0.4, 0.5) is 5.95 Å². The predicted octanol–water partition coefficient (Wildman–Crippen LogP) is 3.40. The highest BCUT2D eigenvalue weighted by atomic mass is 15.2. The summed E-state index contributed by atoms with van der Waals surface area (Å²) in [6.07, 6.45) is 3.64. The summed E-state index contributed by atoms with van der Waals surface area (Å²) in [4.78, 5) is 4.48. The molecular formula is C17H17N3. The van der Waals surface area contributed by atoms with Crippen molar-refractivity contribution in [1.82, 2.24) is 9.55 Å². The van der Waals surface area contributed by atoms with Crippen molar-refractivity contribution in [3.63, 3.8) is 0 Å². The van der Waals surface area contributed by atoms with Crippen LogP contribution in [0.1, 0.15) is 23.1 Å². The molecule has 2 N–H and O–H groups in total. The number of benzene rings is 2. The molecule has 1 aromatic heterocycles. The van der Waals surface area contributed by atoms with Gasteiger partial charge in [0.15, 0.2) is 0 Å². The number of hydrogen-bond donors (Lipinski definition) is 1. The summed E-state index contributed by atoms with van der Waals surface area (Å²) in [6, 6.07) is 12.8. The molecule has 4 rings (SSSR count). The molecule has 0 aliphatic heterocycles. The quantitative estimate of drug-likeness (QED) is 0.731. The van der Waals surface area contributed by atoms with Crippen LogP contribution in [0.25, 0.3) is 16.7 Å². The first-order valence-electron chi connectivity index (χ1n) is 7.10. The van der Waals surface area contributed by atoms with Crippen molar-refractivity contribution in [2.75, 3.05) is 5.73 Å². The summed E-state index contributed by atoms with van der Waals surface area (Å²) in [5.74, 6) is 0.562. The number of aromatic nitrogens is 2. The maximum Gasteiger partial charge on any atom is 0.205 e. The zero-order valence-corrected chi connectivity index (χ0v) is 11.6. The molecule has 2 aromatic carbocycles. The molecular weight excluding hydrogens is 246 g/mol. The molecule has 0 atom stereocenters. The Balaban J connectivity index is 2.00. The Morgan fingerprint density at radius 2 is 1.95 bits per heavy atom. The van der Waals surface area contributed by atoms with E-state index in [1.807, 2.05) is 12.1 Å². The third-order valence-electron chi connectivity index (χ3n) is 4.24. The average Bonchev–Trinajstić information content (AvgIpc) is 3.01. The number of rotatable bonds is 1. The van der Waals surface area contributed by atoms with Crippen molar-refractivity contribution in [2.24, 2.45) is 0 Å². The van der Waals surface area contributed by atoms with Crippen LogP contribution in [0.3, 0.4) is 0 Å². The number of anilines is 1. The molecule has 1 heterocycles. The normalized spacial score (nSPS) is 13.8. The first-order valence-corrected chi connectivity index (χ1v) is 7.10. The zero-order valence-electron chi connectivity index (χ0n) is 11.6. The van der Waals surface area contributed by atoms with Gasteiger partial charge in [-0.15, -0.1) is 0 Å². The molecule has 0 unspecified atom stereocenters. The second-order valence-corrected chi connectivity index (χ2v) is 5.55. The van der Waals surface area contributed by atoms with Gasteiger partial charge in [-0.2, -0.15) is 0 Å². The van der Waals surface area contributed by atoms with Gasteiger partial charge < -0.3 is 5.73 Å². The predicted molar refractivity (Wildman–Crippen MR) is 82.2 cm³/mol. The van der Waals surface area contributed by atoms with Crippen LogP contribution in [0.2, 0.25) is 0 Å². The van der Waals surface area contributed by atoms with E-state index in [-0.39, 0.29) is 0 Å². The van der Waals surface area contributed by atoms with Gasteiger partial charge in [-0.25, -0.2) is 4.98 Å².